The fourth-order valence-electron chi connectivity index (χ4n) is 3.15. The molecule has 0 amide bonds. The summed E-state index contributed by atoms with van der Waals surface area (Å²) in [6, 6.07) is 4.03. The third kappa shape index (κ3) is 4.37. The number of benzene rings is 1. The third-order valence-electron chi connectivity index (χ3n) is 4.61. The van der Waals surface area contributed by atoms with Crippen molar-refractivity contribution in [2.45, 2.75) is 46.1 Å². The van der Waals surface area contributed by atoms with E-state index in [0.717, 1.165) is 47.1 Å². The molecular formula is C21H28O3. The zero-order chi connectivity index (χ0) is 17.7. The van der Waals surface area contributed by atoms with Crippen LogP contribution in [0.1, 0.15) is 42.9 Å². The summed E-state index contributed by atoms with van der Waals surface area (Å²) in [7, 11) is 0. The van der Waals surface area contributed by atoms with Gasteiger partial charge in [0.2, 0.25) is 0 Å². The molecule has 0 spiro atoms. The lowest BCUT2D eigenvalue weighted by Crippen LogP contribution is -2.13. The third-order valence-corrected chi connectivity index (χ3v) is 4.61. The highest BCUT2D eigenvalue weighted by molar-refractivity contribution is 5.58. The van der Waals surface area contributed by atoms with Crippen molar-refractivity contribution in [1.29, 1.82) is 0 Å². The Labute approximate surface area is 145 Å². The molecule has 1 heterocycles. The quantitative estimate of drug-likeness (QED) is 0.777. The van der Waals surface area contributed by atoms with E-state index >= 15 is 0 Å². The van der Waals surface area contributed by atoms with Crippen molar-refractivity contribution in [2.24, 2.45) is 0 Å². The van der Waals surface area contributed by atoms with Gasteiger partial charge in [0.15, 0.2) is 0 Å². The molecule has 0 radical (unpaired) electrons. The molecule has 2 rings (SSSR count). The van der Waals surface area contributed by atoms with Crippen LogP contribution in [0.2, 0.25) is 0 Å². The number of aromatic hydroxyl groups is 1. The van der Waals surface area contributed by atoms with E-state index in [2.05, 4.69) is 19.6 Å². The Kier molecular flexibility index (Phi) is 6.41. The summed E-state index contributed by atoms with van der Waals surface area (Å²) >= 11 is 0. The molecule has 0 saturated heterocycles. The van der Waals surface area contributed by atoms with Gasteiger partial charge in [0.25, 0.3) is 0 Å². The van der Waals surface area contributed by atoms with Crippen molar-refractivity contribution in [2.75, 3.05) is 13.2 Å². The first kappa shape index (κ1) is 18.5. The monoisotopic (exact) mass is 328 g/mol. The van der Waals surface area contributed by atoms with Crippen molar-refractivity contribution in [3.05, 3.63) is 58.2 Å². The maximum Gasteiger partial charge on any atom is 0.121 e. The predicted octanol–water partition coefficient (Wildman–Crippen LogP) is 4.46. The van der Waals surface area contributed by atoms with Crippen molar-refractivity contribution >= 4 is 6.08 Å². The van der Waals surface area contributed by atoms with Gasteiger partial charge in [-0.05, 0) is 73.1 Å². The van der Waals surface area contributed by atoms with Crippen LogP contribution < -0.4 is 0 Å². The first-order valence-corrected chi connectivity index (χ1v) is 8.56. The SMILES string of the molecule is C=C(CO)C1=CCOC1CC/C(=C/c1cc(C)c(O)c(C)c1)CC. The number of allylic oxidation sites excluding steroid dienone is 1. The molecule has 0 aromatic heterocycles. The minimum absolute atomic E-state index is 0.0196. The summed E-state index contributed by atoms with van der Waals surface area (Å²) in [5.74, 6) is 0.377. The number of phenolic OH excluding ortho intramolecular Hbond substituents is 1. The summed E-state index contributed by atoms with van der Waals surface area (Å²) in [5.41, 5.74) is 6.08. The Hall–Kier alpha value is -1.84. The maximum absolute atomic E-state index is 9.90. The largest absolute Gasteiger partial charge is 0.507 e. The van der Waals surface area contributed by atoms with Crippen LogP contribution in [0.25, 0.3) is 6.08 Å². The van der Waals surface area contributed by atoms with E-state index in [9.17, 15) is 10.2 Å². The molecule has 0 fully saturated rings. The number of hydrogen-bond donors (Lipinski definition) is 2. The van der Waals surface area contributed by atoms with Gasteiger partial charge < -0.3 is 14.9 Å². The van der Waals surface area contributed by atoms with Gasteiger partial charge in [0.1, 0.15) is 5.75 Å². The molecule has 24 heavy (non-hydrogen) atoms. The first-order chi connectivity index (χ1) is 11.5. The van der Waals surface area contributed by atoms with Crippen LogP contribution in [0.15, 0.2) is 41.5 Å². The molecule has 0 saturated carbocycles. The van der Waals surface area contributed by atoms with Gasteiger partial charge in [0, 0.05) is 0 Å². The summed E-state index contributed by atoms with van der Waals surface area (Å²) in [6.45, 7) is 10.5. The normalized spacial score (nSPS) is 17.9. The van der Waals surface area contributed by atoms with E-state index in [1.54, 1.807) is 0 Å². The summed E-state index contributed by atoms with van der Waals surface area (Å²) < 4.78 is 5.76. The minimum Gasteiger partial charge on any atom is -0.507 e. The second kappa shape index (κ2) is 8.32. The summed E-state index contributed by atoms with van der Waals surface area (Å²) in [6.07, 6.45) is 7.06. The highest BCUT2D eigenvalue weighted by atomic mass is 16.5. The topological polar surface area (TPSA) is 49.7 Å². The lowest BCUT2D eigenvalue weighted by atomic mass is 9.95. The molecule has 0 aliphatic carbocycles. The minimum atomic E-state index is -0.0196. The van der Waals surface area contributed by atoms with Gasteiger partial charge >= 0.3 is 0 Å². The number of rotatable bonds is 7. The van der Waals surface area contributed by atoms with Crippen LogP contribution in [0.3, 0.4) is 0 Å². The fraction of sp³-hybridized carbons (Fsp3) is 0.429. The Morgan fingerprint density at radius 1 is 1.33 bits per heavy atom. The van der Waals surface area contributed by atoms with Gasteiger partial charge in [-0.1, -0.05) is 31.2 Å². The maximum atomic E-state index is 9.90. The van der Waals surface area contributed by atoms with Crippen LogP contribution in [0, 0.1) is 13.8 Å². The first-order valence-electron chi connectivity index (χ1n) is 8.56. The molecule has 1 aromatic rings. The number of aliphatic hydroxyl groups is 1. The molecule has 1 aliphatic rings. The zero-order valence-electron chi connectivity index (χ0n) is 14.9. The highest BCUT2D eigenvalue weighted by Crippen LogP contribution is 2.28. The van der Waals surface area contributed by atoms with Crippen LogP contribution in [0.5, 0.6) is 5.75 Å². The smallest absolute Gasteiger partial charge is 0.121 e. The number of aryl methyl sites for hydroxylation is 2. The molecule has 3 nitrogen and oxygen atoms in total. The molecule has 1 atom stereocenters. The van der Waals surface area contributed by atoms with Crippen molar-refractivity contribution < 1.29 is 14.9 Å². The van der Waals surface area contributed by atoms with Crippen LogP contribution in [-0.2, 0) is 4.74 Å². The molecule has 3 heteroatoms. The standard InChI is InChI=1S/C21H28O3/c1-5-17(12-18-10-14(2)21(23)15(3)11-18)6-7-20-19(8-9-24-20)16(4)13-22/h8,10-12,20,22-23H,4-7,9,13H2,1-3H3/b17-12+. The molecule has 1 aromatic carbocycles. The summed E-state index contributed by atoms with van der Waals surface area (Å²) in [5, 5.41) is 19.2. The van der Waals surface area contributed by atoms with E-state index in [0.29, 0.717) is 12.4 Å². The van der Waals surface area contributed by atoms with E-state index < -0.39 is 0 Å². The van der Waals surface area contributed by atoms with E-state index in [4.69, 9.17) is 4.74 Å². The molecule has 130 valence electrons. The Morgan fingerprint density at radius 3 is 2.58 bits per heavy atom. The van der Waals surface area contributed by atoms with Crippen LogP contribution >= 0.6 is 0 Å². The van der Waals surface area contributed by atoms with Gasteiger partial charge in [0.05, 0.1) is 19.3 Å². The van der Waals surface area contributed by atoms with Gasteiger partial charge in [-0.15, -0.1) is 0 Å². The van der Waals surface area contributed by atoms with Crippen LogP contribution in [-0.4, -0.2) is 29.5 Å². The Morgan fingerprint density at radius 2 is 2.00 bits per heavy atom. The lowest BCUT2D eigenvalue weighted by molar-refractivity contribution is 0.115. The molecule has 0 bridgehead atoms. The van der Waals surface area contributed by atoms with Crippen LogP contribution in [0.4, 0.5) is 0 Å². The average Bonchev–Trinajstić information content (AvgIpc) is 3.04. The van der Waals surface area contributed by atoms with Gasteiger partial charge in [-0.2, -0.15) is 0 Å². The van der Waals surface area contributed by atoms with E-state index in [-0.39, 0.29) is 12.7 Å². The van der Waals surface area contributed by atoms with E-state index in [1.165, 1.54) is 5.57 Å². The van der Waals surface area contributed by atoms with Gasteiger partial charge in [-0.3, -0.25) is 0 Å². The van der Waals surface area contributed by atoms with E-state index in [1.807, 2.05) is 32.1 Å². The van der Waals surface area contributed by atoms with Gasteiger partial charge in [-0.25, -0.2) is 0 Å². The second-order valence-corrected chi connectivity index (χ2v) is 6.44. The second-order valence-electron chi connectivity index (χ2n) is 6.44. The van der Waals surface area contributed by atoms with Crippen molar-refractivity contribution in [3.63, 3.8) is 0 Å². The fourth-order valence-corrected chi connectivity index (χ4v) is 3.15. The number of aliphatic hydroxyl groups excluding tert-OH is 1. The summed E-state index contributed by atoms with van der Waals surface area (Å²) in [4.78, 5) is 0. The number of phenols is 1. The number of hydrogen-bond acceptors (Lipinski definition) is 3. The molecule has 1 aliphatic heterocycles. The number of ether oxygens (including phenoxy) is 1. The van der Waals surface area contributed by atoms with Crippen molar-refractivity contribution in [1.82, 2.24) is 0 Å². The highest BCUT2D eigenvalue weighted by Gasteiger charge is 2.21. The van der Waals surface area contributed by atoms with Crippen molar-refractivity contribution in [3.8, 4) is 5.75 Å². The molecule has 2 N–H and O–H groups in total. The Balaban J connectivity index is 2.07. The molecule has 1 unspecified atom stereocenters. The predicted molar refractivity (Wildman–Crippen MR) is 99.1 cm³/mol. The zero-order valence-corrected chi connectivity index (χ0v) is 14.9. The molecular weight excluding hydrogens is 300 g/mol. The Bertz CT molecular complexity index is 645. The lowest BCUT2D eigenvalue weighted by Gasteiger charge is -2.16. The average molecular weight is 328 g/mol.